The van der Waals surface area contributed by atoms with Crippen LogP contribution >= 0.6 is 11.6 Å². The third kappa shape index (κ3) is 1.94. The van der Waals surface area contributed by atoms with E-state index in [1.54, 1.807) is 6.92 Å². The molecule has 0 aliphatic carbocycles. The van der Waals surface area contributed by atoms with E-state index < -0.39 is 0 Å². The maximum atomic E-state index is 6.16. The molecule has 1 aromatic carbocycles. The Morgan fingerprint density at radius 2 is 2.12 bits per heavy atom. The highest BCUT2D eigenvalue weighted by molar-refractivity contribution is 6.33. The van der Waals surface area contributed by atoms with Crippen molar-refractivity contribution >= 4 is 11.6 Å². The number of hydrogen-bond acceptors (Lipinski definition) is 4. The minimum atomic E-state index is -0.273. The number of hydrogen-bond donors (Lipinski definition) is 1. The van der Waals surface area contributed by atoms with E-state index in [1.807, 2.05) is 25.1 Å². The molecule has 0 amide bonds. The summed E-state index contributed by atoms with van der Waals surface area (Å²) < 4.78 is 5.44. The van der Waals surface area contributed by atoms with Crippen molar-refractivity contribution in [3.63, 3.8) is 0 Å². The van der Waals surface area contributed by atoms with Crippen molar-refractivity contribution in [3.05, 3.63) is 34.7 Å². The summed E-state index contributed by atoms with van der Waals surface area (Å²) in [5.74, 6) is 0.813. The van der Waals surface area contributed by atoms with Crippen molar-refractivity contribution in [1.29, 1.82) is 0 Å². The number of nitrogens with zero attached hydrogens (tertiary/aromatic N) is 2. The number of rotatable bonds is 2. The quantitative estimate of drug-likeness (QED) is 0.872. The molecule has 84 valence electrons. The first kappa shape index (κ1) is 11.1. The summed E-state index contributed by atoms with van der Waals surface area (Å²) in [4.78, 5) is 0. The largest absolute Gasteiger partial charge is 0.419 e. The molecule has 5 heteroatoms. The first-order chi connectivity index (χ1) is 7.59. The molecule has 0 saturated carbocycles. The molecule has 0 fully saturated rings. The topological polar surface area (TPSA) is 64.9 Å². The minimum Gasteiger partial charge on any atom is -0.419 e. The zero-order valence-corrected chi connectivity index (χ0v) is 9.82. The van der Waals surface area contributed by atoms with Gasteiger partial charge in [0.05, 0.1) is 16.6 Å². The van der Waals surface area contributed by atoms with E-state index in [0.29, 0.717) is 16.8 Å². The van der Waals surface area contributed by atoms with Crippen LogP contribution in [0, 0.1) is 6.92 Å². The molecule has 1 heterocycles. The van der Waals surface area contributed by atoms with Gasteiger partial charge in [0.2, 0.25) is 11.8 Å². The zero-order chi connectivity index (χ0) is 11.7. The van der Waals surface area contributed by atoms with E-state index in [2.05, 4.69) is 10.2 Å². The Kier molecular flexibility index (Phi) is 2.94. The fourth-order valence-electron chi connectivity index (χ4n) is 1.34. The van der Waals surface area contributed by atoms with Crippen LogP contribution in [0.1, 0.15) is 24.4 Å². The van der Waals surface area contributed by atoms with E-state index in [4.69, 9.17) is 21.8 Å². The van der Waals surface area contributed by atoms with Crippen LogP contribution in [0.25, 0.3) is 11.5 Å². The van der Waals surface area contributed by atoms with Gasteiger partial charge in [-0.25, -0.2) is 0 Å². The monoisotopic (exact) mass is 237 g/mol. The van der Waals surface area contributed by atoms with Gasteiger partial charge >= 0.3 is 0 Å². The Morgan fingerprint density at radius 1 is 1.38 bits per heavy atom. The molecule has 0 aliphatic heterocycles. The second-order valence-corrected chi connectivity index (χ2v) is 4.05. The highest BCUT2D eigenvalue weighted by Gasteiger charge is 2.14. The van der Waals surface area contributed by atoms with Crippen molar-refractivity contribution in [1.82, 2.24) is 10.2 Å². The Morgan fingerprint density at radius 3 is 2.75 bits per heavy atom. The number of aromatic nitrogens is 2. The normalized spacial score (nSPS) is 12.8. The van der Waals surface area contributed by atoms with E-state index >= 15 is 0 Å². The zero-order valence-electron chi connectivity index (χ0n) is 9.07. The van der Waals surface area contributed by atoms with Crippen molar-refractivity contribution in [3.8, 4) is 11.5 Å². The number of nitrogens with two attached hydrogens (primary N) is 1. The number of aryl methyl sites for hydroxylation is 1. The predicted octanol–water partition coefficient (Wildman–Crippen LogP) is 2.72. The second-order valence-electron chi connectivity index (χ2n) is 3.67. The average Bonchev–Trinajstić information content (AvgIpc) is 2.71. The molecule has 1 unspecified atom stereocenters. The summed E-state index contributed by atoms with van der Waals surface area (Å²) in [6.07, 6.45) is 0. The molecule has 16 heavy (non-hydrogen) atoms. The molecular weight excluding hydrogens is 226 g/mol. The lowest BCUT2D eigenvalue weighted by molar-refractivity contribution is 0.473. The molecule has 1 aromatic heterocycles. The van der Waals surface area contributed by atoms with E-state index in [1.165, 1.54) is 0 Å². The molecule has 0 spiro atoms. The third-order valence-electron chi connectivity index (χ3n) is 2.25. The Balaban J connectivity index is 2.47. The molecule has 0 radical (unpaired) electrons. The van der Waals surface area contributed by atoms with Crippen molar-refractivity contribution in [2.24, 2.45) is 5.73 Å². The third-order valence-corrected chi connectivity index (χ3v) is 2.75. The highest BCUT2D eigenvalue weighted by atomic mass is 35.5. The molecule has 0 aliphatic rings. The van der Waals surface area contributed by atoms with Crippen LogP contribution in [0.4, 0.5) is 0 Å². The standard InChI is InChI=1S/C11H12ClN3O/c1-6-4-3-5-8(9(6)12)11-15-14-10(16-11)7(2)13/h3-5,7H,13H2,1-2H3. The first-order valence-electron chi connectivity index (χ1n) is 4.94. The lowest BCUT2D eigenvalue weighted by Crippen LogP contribution is -2.04. The Bertz CT molecular complexity index is 508. The summed E-state index contributed by atoms with van der Waals surface area (Å²) in [5, 5.41) is 8.42. The Labute approximate surface area is 98.4 Å². The first-order valence-corrected chi connectivity index (χ1v) is 5.32. The van der Waals surface area contributed by atoms with Crippen LogP contribution in [0.3, 0.4) is 0 Å². The van der Waals surface area contributed by atoms with Crippen LogP contribution in [-0.2, 0) is 0 Å². The number of benzene rings is 1. The minimum absolute atomic E-state index is 0.273. The molecule has 2 rings (SSSR count). The molecule has 2 N–H and O–H groups in total. The summed E-state index contributed by atoms with van der Waals surface area (Å²) in [6.45, 7) is 3.71. The van der Waals surface area contributed by atoms with Crippen molar-refractivity contribution in [2.75, 3.05) is 0 Å². The summed E-state index contributed by atoms with van der Waals surface area (Å²) >= 11 is 6.16. The molecule has 0 bridgehead atoms. The van der Waals surface area contributed by atoms with Crippen molar-refractivity contribution < 1.29 is 4.42 Å². The molecule has 4 nitrogen and oxygen atoms in total. The summed E-state index contributed by atoms with van der Waals surface area (Å²) in [5.41, 5.74) is 7.35. The van der Waals surface area contributed by atoms with Crippen LogP contribution < -0.4 is 5.73 Å². The highest BCUT2D eigenvalue weighted by Crippen LogP contribution is 2.29. The second kappa shape index (κ2) is 4.23. The molecular formula is C11H12ClN3O. The average molecular weight is 238 g/mol. The van der Waals surface area contributed by atoms with Crippen molar-refractivity contribution in [2.45, 2.75) is 19.9 Å². The summed E-state index contributed by atoms with van der Waals surface area (Å²) in [6, 6.07) is 5.39. The molecule has 0 saturated heterocycles. The van der Waals surface area contributed by atoms with Gasteiger partial charge in [-0.1, -0.05) is 23.7 Å². The Hall–Kier alpha value is -1.39. The van der Waals surface area contributed by atoms with Gasteiger partial charge in [0, 0.05) is 0 Å². The maximum absolute atomic E-state index is 6.16. The molecule has 2 aromatic rings. The van der Waals surface area contributed by atoms with E-state index in [-0.39, 0.29) is 6.04 Å². The maximum Gasteiger partial charge on any atom is 0.249 e. The predicted molar refractivity (Wildman–Crippen MR) is 62.1 cm³/mol. The lowest BCUT2D eigenvalue weighted by atomic mass is 10.1. The van der Waals surface area contributed by atoms with Crippen LogP contribution in [0.2, 0.25) is 5.02 Å². The summed E-state index contributed by atoms with van der Waals surface area (Å²) in [7, 11) is 0. The van der Waals surface area contributed by atoms with Gasteiger partial charge in [0.15, 0.2) is 0 Å². The van der Waals surface area contributed by atoms with Crippen LogP contribution in [-0.4, -0.2) is 10.2 Å². The van der Waals surface area contributed by atoms with E-state index in [0.717, 1.165) is 11.1 Å². The van der Waals surface area contributed by atoms with Gasteiger partial charge in [-0.3, -0.25) is 0 Å². The lowest BCUT2D eigenvalue weighted by Gasteiger charge is -2.01. The fraction of sp³-hybridized carbons (Fsp3) is 0.273. The molecule has 1 atom stereocenters. The van der Waals surface area contributed by atoms with Gasteiger partial charge in [0.25, 0.3) is 0 Å². The number of halogens is 1. The van der Waals surface area contributed by atoms with Gasteiger partial charge in [-0.2, -0.15) is 0 Å². The van der Waals surface area contributed by atoms with Gasteiger partial charge in [-0.05, 0) is 25.5 Å². The van der Waals surface area contributed by atoms with Crippen LogP contribution in [0.5, 0.6) is 0 Å². The SMILES string of the molecule is Cc1cccc(-c2nnc(C(C)N)o2)c1Cl. The smallest absolute Gasteiger partial charge is 0.249 e. The fourth-order valence-corrected chi connectivity index (χ4v) is 1.55. The van der Waals surface area contributed by atoms with Gasteiger partial charge in [-0.15, -0.1) is 10.2 Å². The van der Waals surface area contributed by atoms with E-state index in [9.17, 15) is 0 Å². The van der Waals surface area contributed by atoms with Gasteiger partial charge in [0.1, 0.15) is 0 Å². The van der Waals surface area contributed by atoms with Crippen LogP contribution in [0.15, 0.2) is 22.6 Å². The van der Waals surface area contributed by atoms with Gasteiger partial charge < -0.3 is 10.2 Å².